The van der Waals surface area contributed by atoms with Gasteiger partial charge in [-0.3, -0.25) is 0 Å². The van der Waals surface area contributed by atoms with Crippen LogP contribution in [0, 0.1) is 0 Å². The summed E-state index contributed by atoms with van der Waals surface area (Å²) < 4.78 is 5.15. The second-order valence-electron chi connectivity index (χ2n) is 3.67. The molecule has 0 aromatic heterocycles. The van der Waals surface area contributed by atoms with Crippen LogP contribution in [0.5, 0.6) is 0 Å². The molecule has 0 saturated heterocycles. The third kappa shape index (κ3) is 4.35. The Labute approximate surface area is 105 Å². The molecule has 2 nitrogen and oxygen atoms in total. The van der Waals surface area contributed by atoms with Crippen LogP contribution in [-0.2, 0) is 10.1 Å². The van der Waals surface area contributed by atoms with E-state index in [0.717, 1.165) is 30.2 Å². The van der Waals surface area contributed by atoms with E-state index in [-0.39, 0.29) is 5.97 Å². The monoisotopic (exact) mass is 284 g/mol. The lowest BCUT2D eigenvalue weighted by Crippen LogP contribution is -2.06. The van der Waals surface area contributed by atoms with Crippen molar-refractivity contribution < 1.29 is 9.53 Å². The molecule has 0 bridgehead atoms. The molecule has 3 heteroatoms. The van der Waals surface area contributed by atoms with Crippen molar-refractivity contribution in [2.24, 2.45) is 0 Å². The summed E-state index contributed by atoms with van der Waals surface area (Å²) in [5.41, 5.74) is 1.78. The van der Waals surface area contributed by atoms with Crippen LogP contribution in [0.1, 0.15) is 42.1 Å². The van der Waals surface area contributed by atoms with Gasteiger partial charge in [0, 0.05) is 5.33 Å². The summed E-state index contributed by atoms with van der Waals surface area (Å²) in [5, 5.41) is 0.804. The minimum Gasteiger partial charge on any atom is -0.462 e. The van der Waals surface area contributed by atoms with E-state index in [1.54, 1.807) is 12.1 Å². The first-order chi connectivity index (χ1) is 7.77. The molecule has 0 atom stereocenters. The first kappa shape index (κ1) is 13.2. The standard InChI is InChI=1S/C13H17BrO2/c1-2-3-4-9-16-13(15)12-7-5-11(10-14)6-8-12/h5-8H,2-4,9-10H2,1H3. The van der Waals surface area contributed by atoms with Gasteiger partial charge in [-0.15, -0.1) is 0 Å². The van der Waals surface area contributed by atoms with E-state index in [1.807, 2.05) is 12.1 Å². The maximum atomic E-state index is 11.6. The van der Waals surface area contributed by atoms with Crippen LogP contribution in [0.25, 0.3) is 0 Å². The van der Waals surface area contributed by atoms with Gasteiger partial charge in [-0.1, -0.05) is 47.8 Å². The molecule has 1 aromatic rings. The van der Waals surface area contributed by atoms with Crippen LogP contribution in [-0.4, -0.2) is 12.6 Å². The number of rotatable bonds is 6. The Hall–Kier alpha value is -0.830. The number of hydrogen-bond donors (Lipinski definition) is 0. The molecule has 0 unspecified atom stereocenters. The normalized spacial score (nSPS) is 10.1. The van der Waals surface area contributed by atoms with Crippen molar-refractivity contribution in [1.29, 1.82) is 0 Å². The molecule has 0 spiro atoms. The van der Waals surface area contributed by atoms with E-state index in [4.69, 9.17) is 4.74 Å². The van der Waals surface area contributed by atoms with Crippen LogP contribution < -0.4 is 0 Å². The van der Waals surface area contributed by atoms with Gasteiger partial charge in [0.15, 0.2) is 0 Å². The summed E-state index contributed by atoms with van der Waals surface area (Å²) in [7, 11) is 0. The SMILES string of the molecule is CCCCCOC(=O)c1ccc(CBr)cc1. The number of unbranched alkanes of at least 4 members (excludes halogenated alkanes) is 2. The first-order valence-corrected chi connectivity index (χ1v) is 6.72. The smallest absolute Gasteiger partial charge is 0.338 e. The van der Waals surface area contributed by atoms with Crippen molar-refractivity contribution in [2.45, 2.75) is 31.5 Å². The Morgan fingerprint density at radius 3 is 2.50 bits per heavy atom. The molecule has 1 aromatic carbocycles. The second-order valence-corrected chi connectivity index (χ2v) is 4.23. The van der Waals surface area contributed by atoms with Crippen LogP contribution in [0.4, 0.5) is 0 Å². The van der Waals surface area contributed by atoms with Gasteiger partial charge in [0.2, 0.25) is 0 Å². The summed E-state index contributed by atoms with van der Waals surface area (Å²) in [6, 6.07) is 7.46. The van der Waals surface area contributed by atoms with E-state index >= 15 is 0 Å². The number of benzene rings is 1. The Morgan fingerprint density at radius 1 is 1.25 bits per heavy atom. The highest BCUT2D eigenvalue weighted by atomic mass is 79.9. The van der Waals surface area contributed by atoms with Crippen molar-refractivity contribution >= 4 is 21.9 Å². The fourth-order valence-corrected chi connectivity index (χ4v) is 1.70. The quantitative estimate of drug-likeness (QED) is 0.450. The maximum Gasteiger partial charge on any atom is 0.338 e. The molecule has 88 valence electrons. The lowest BCUT2D eigenvalue weighted by atomic mass is 10.1. The average Bonchev–Trinajstić information content (AvgIpc) is 2.34. The first-order valence-electron chi connectivity index (χ1n) is 5.60. The Kier molecular flexibility index (Phi) is 6.16. The van der Waals surface area contributed by atoms with Crippen molar-refractivity contribution in [3.05, 3.63) is 35.4 Å². The van der Waals surface area contributed by atoms with Crippen LogP contribution in [0.3, 0.4) is 0 Å². The molecule has 0 fully saturated rings. The number of esters is 1. The highest BCUT2D eigenvalue weighted by Crippen LogP contribution is 2.09. The molecule has 0 aliphatic heterocycles. The number of carbonyl (C=O) groups is 1. The summed E-state index contributed by atoms with van der Waals surface area (Å²) >= 11 is 3.36. The molecule has 16 heavy (non-hydrogen) atoms. The third-order valence-corrected chi connectivity index (χ3v) is 2.97. The van der Waals surface area contributed by atoms with Gasteiger partial charge < -0.3 is 4.74 Å². The minimum atomic E-state index is -0.225. The topological polar surface area (TPSA) is 26.3 Å². The molecule has 0 radical (unpaired) electrons. The zero-order valence-electron chi connectivity index (χ0n) is 9.54. The van der Waals surface area contributed by atoms with Gasteiger partial charge in [0.1, 0.15) is 0 Å². The number of halogens is 1. The van der Waals surface area contributed by atoms with Gasteiger partial charge in [-0.05, 0) is 24.1 Å². The van der Waals surface area contributed by atoms with Gasteiger partial charge in [-0.2, -0.15) is 0 Å². The fraction of sp³-hybridized carbons (Fsp3) is 0.462. The number of ether oxygens (including phenoxy) is 1. The molecule has 0 aliphatic carbocycles. The lowest BCUT2D eigenvalue weighted by Gasteiger charge is -2.04. The van der Waals surface area contributed by atoms with E-state index in [1.165, 1.54) is 0 Å². The largest absolute Gasteiger partial charge is 0.462 e. The zero-order valence-corrected chi connectivity index (χ0v) is 11.1. The number of hydrogen-bond acceptors (Lipinski definition) is 2. The molecule has 0 amide bonds. The van der Waals surface area contributed by atoms with Gasteiger partial charge in [0.25, 0.3) is 0 Å². The molecule has 0 heterocycles. The minimum absolute atomic E-state index is 0.225. The Morgan fingerprint density at radius 2 is 1.94 bits per heavy atom. The van der Waals surface area contributed by atoms with Crippen LogP contribution in [0.15, 0.2) is 24.3 Å². The highest BCUT2D eigenvalue weighted by Gasteiger charge is 2.05. The predicted octanol–water partition coefficient (Wildman–Crippen LogP) is 3.93. The molecular formula is C13H17BrO2. The van der Waals surface area contributed by atoms with E-state index in [9.17, 15) is 4.79 Å². The fourth-order valence-electron chi connectivity index (χ4n) is 1.33. The van der Waals surface area contributed by atoms with E-state index in [0.29, 0.717) is 12.2 Å². The highest BCUT2D eigenvalue weighted by molar-refractivity contribution is 9.08. The third-order valence-electron chi connectivity index (χ3n) is 2.32. The Bertz CT molecular complexity index is 319. The summed E-state index contributed by atoms with van der Waals surface area (Å²) in [6.45, 7) is 2.65. The van der Waals surface area contributed by atoms with Gasteiger partial charge >= 0.3 is 5.97 Å². The molecule has 0 N–H and O–H groups in total. The molecule has 0 saturated carbocycles. The predicted molar refractivity (Wildman–Crippen MR) is 68.9 cm³/mol. The summed E-state index contributed by atoms with van der Waals surface area (Å²) in [5.74, 6) is -0.225. The number of alkyl halides is 1. The zero-order chi connectivity index (χ0) is 11.8. The molecular weight excluding hydrogens is 268 g/mol. The van der Waals surface area contributed by atoms with Gasteiger partial charge in [0.05, 0.1) is 12.2 Å². The van der Waals surface area contributed by atoms with Crippen molar-refractivity contribution in [2.75, 3.05) is 6.61 Å². The molecule has 1 rings (SSSR count). The van der Waals surface area contributed by atoms with Crippen LogP contribution in [0.2, 0.25) is 0 Å². The van der Waals surface area contributed by atoms with Crippen molar-refractivity contribution in [3.8, 4) is 0 Å². The van der Waals surface area contributed by atoms with Crippen LogP contribution >= 0.6 is 15.9 Å². The summed E-state index contributed by atoms with van der Waals surface area (Å²) in [6.07, 6.45) is 3.19. The van der Waals surface area contributed by atoms with E-state index < -0.39 is 0 Å². The number of carbonyl (C=O) groups excluding carboxylic acids is 1. The maximum absolute atomic E-state index is 11.6. The van der Waals surface area contributed by atoms with Gasteiger partial charge in [-0.25, -0.2) is 4.79 Å². The average molecular weight is 285 g/mol. The van der Waals surface area contributed by atoms with Crippen molar-refractivity contribution in [1.82, 2.24) is 0 Å². The van der Waals surface area contributed by atoms with E-state index in [2.05, 4.69) is 22.9 Å². The Balaban J connectivity index is 2.40. The second kappa shape index (κ2) is 7.44. The lowest BCUT2D eigenvalue weighted by molar-refractivity contribution is 0.0498. The summed E-state index contributed by atoms with van der Waals surface area (Å²) in [4.78, 5) is 11.6. The van der Waals surface area contributed by atoms with Crippen molar-refractivity contribution in [3.63, 3.8) is 0 Å². The molecule has 0 aliphatic rings.